The molecule has 1 aliphatic rings. The fraction of sp³-hybridized carbons (Fsp3) is 0.400. The zero-order chi connectivity index (χ0) is 12.3. The van der Waals surface area contributed by atoms with Gasteiger partial charge in [-0.15, -0.1) is 0 Å². The number of allylic oxidation sites excluding steroid dienone is 6. The predicted octanol–water partition coefficient (Wildman–Crippen LogP) is 4.07. The maximum absolute atomic E-state index is 11.1. The quantitative estimate of drug-likeness (QED) is 0.530. The Hall–Kier alpha value is -1.57. The molecule has 0 aromatic carbocycles. The van der Waals surface area contributed by atoms with Crippen LogP contribution in [0.4, 0.5) is 0 Å². The largest absolute Gasteiger partial charge is 0.428 e. The van der Waals surface area contributed by atoms with Crippen molar-refractivity contribution in [3.63, 3.8) is 0 Å². The minimum Gasteiger partial charge on any atom is -0.428 e. The lowest BCUT2D eigenvalue weighted by Crippen LogP contribution is -2.00. The lowest BCUT2D eigenvalue weighted by atomic mass is 10.1. The Morgan fingerprint density at radius 2 is 2.00 bits per heavy atom. The lowest BCUT2D eigenvalue weighted by molar-refractivity contribution is -0.134. The Kier molecular flexibility index (Phi) is 6.80. The second kappa shape index (κ2) is 8.57. The molecule has 0 aliphatic heterocycles. The van der Waals surface area contributed by atoms with Crippen molar-refractivity contribution in [3.8, 4) is 0 Å². The van der Waals surface area contributed by atoms with E-state index in [0.717, 1.165) is 25.0 Å². The van der Waals surface area contributed by atoms with E-state index in [1.54, 1.807) is 0 Å². The summed E-state index contributed by atoms with van der Waals surface area (Å²) in [6, 6.07) is 0. The molecule has 0 radical (unpaired) electrons. The number of esters is 1. The van der Waals surface area contributed by atoms with Gasteiger partial charge in [0.05, 0.1) is 0 Å². The van der Waals surface area contributed by atoms with E-state index in [4.69, 9.17) is 4.74 Å². The highest BCUT2D eigenvalue weighted by Crippen LogP contribution is 2.14. The summed E-state index contributed by atoms with van der Waals surface area (Å²) in [6.07, 6.45) is 17.8. The van der Waals surface area contributed by atoms with Crippen LogP contribution in [0.3, 0.4) is 0 Å². The normalized spacial score (nSPS) is 24.4. The van der Waals surface area contributed by atoms with Crippen LogP contribution in [0.15, 0.2) is 48.8 Å². The zero-order valence-corrected chi connectivity index (χ0v) is 10.2. The summed E-state index contributed by atoms with van der Waals surface area (Å²) < 4.78 is 5.17. The molecule has 92 valence electrons. The van der Waals surface area contributed by atoms with Gasteiger partial charge in [0.2, 0.25) is 0 Å². The monoisotopic (exact) mass is 232 g/mol. The smallest absolute Gasteiger partial charge is 0.335 e. The molecule has 2 heteroatoms. The molecule has 2 nitrogen and oxygen atoms in total. The van der Waals surface area contributed by atoms with E-state index in [1.807, 2.05) is 24.3 Å². The standard InChI is InChI=1S/C15H20O2/c1-2-15(16)17-14-12-10-8-6-4-3-5-7-9-11-13-14/h2,4,6,8,10,12H,1,3,5,7,9,11,13H2/b6-4+,10-8-,14-12-. The van der Waals surface area contributed by atoms with E-state index in [9.17, 15) is 4.79 Å². The third kappa shape index (κ3) is 6.56. The molecule has 1 rings (SSSR count). The lowest BCUT2D eigenvalue weighted by Gasteiger charge is -2.06. The van der Waals surface area contributed by atoms with Crippen LogP contribution in [-0.2, 0) is 9.53 Å². The van der Waals surface area contributed by atoms with Crippen LogP contribution in [0.5, 0.6) is 0 Å². The summed E-state index contributed by atoms with van der Waals surface area (Å²) in [6.45, 7) is 3.40. The summed E-state index contributed by atoms with van der Waals surface area (Å²) >= 11 is 0. The highest BCUT2D eigenvalue weighted by molar-refractivity contribution is 5.82. The third-order valence-corrected chi connectivity index (χ3v) is 2.58. The van der Waals surface area contributed by atoms with E-state index >= 15 is 0 Å². The second-order valence-corrected chi connectivity index (χ2v) is 4.02. The topological polar surface area (TPSA) is 26.3 Å². The minimum absolute atomic E-state index is 0.382. The minimum atomic E-state index is -0.382. The van der Waals surface area contributed by atoms with Crippen molar-refractivity contribution in [3.05, 3.63) is 48.8 Å². The molecule has 0 amide bonds. The van der Waals surface area contributed by atoms with Gasteiger partial charge in [-0.25, -0.2) is 4.79 Å². The van der Waals surface area contributed by atoms with Crippen LogP contribution in [0.1, 0.15) is 38.5 Å². The molecule has 0 bridgehead atoms. The molecule has 0 saturated carbocycles. The van der Waals surface area contributed by atoms with Crippen molar-refractivity contribution in [2.45, 2.75) is 38.5 Å². The Morgan fingerprint density at radius 3 is 2.82 bits per heavy atom. The SMILES string of the molecule is C=CC(=O)O\C1=C/C=C\C=C\CCCCCC1. The summed E-state index contributed by atoms with van der Waals surface area (Å²) in [5.41, 5.74) is 0. The Morgan fingerprint density at radius 1 is 1.18 bits per heavy atom. The van der Waals surface area contributed by atoms with E-state index in [-0.39, 0.29) is 5.97 Å². The third-order valence-electron chi connectivity index (χ3n) is 2.58. The first-order chi connectivity index (χ1) is 8.33. The van der Waals surface area contributed by atoms with Crippen molar-refractivity contribution in [1.29, 1.82) is 0 Å². The van der Waals surface area contributed by atoms with Gasteiger partial charge in [-0.2, -0.15) is 0 Å². The van der Waals surface area contributed by atoms with Crippen LogP contribution in [0.2, 0.25) is 0 Å². The molecular weight excluding hydrogens is 212 g/mol. The first-order valence-corrected chi connectivity index (χ1v) is 6.19. The summed E-state index contributed by atoms with van der Waals surface area (Å²) in [7, 11) is 0. The average Bonchev–Trinajstić information content (AvgIpc) is 2.32. The van der Waals surface area contributed by atoms with Gasteiger partial charge in [-0.05, 0) is 25.3 Å². The maximum Gasteiger partial charge on any atom is 0.335 e. The van der Waals surface area contributed by atoms with Crippen molar-refractivity contribution in [2.24, 2.45) is 0 Å². The number of ether oxygens (including phenoxy) is 1. The molecule has 0 unspecified atom stereocenters. The number of hydrogen-bond acceptors (Lipinski definition) is 2. The molecule has 0 atom stereocenters. The first kappa shape index (κ1) is 13.5. The second-order valence-electron chi connectivity index (χ2n) is 4.02. The molecule has 0 saturated heterocycles. The van der Waals surface area contributed by atoms with Gasteiger partial charge in [0.1, 0.15) is 5.76 Å². The van der Waals surface area contributed by atoms with E-state index in [1.165, 1.54) is 25.3 Å². The van der Waals surface area contributed by atoms with Gasteiger partial charge in [0.15, 0.2) is 0 Å². The van der Waals surface area contributed by atoms with E-state index in [0.29, 0.717) is 0 Å². The molecule has 17 heavy (non-hydrogen) atoms. The van der Waals surface area contributed by atoms with Crippen LogP contribution in [-0.4, -0.2) is 5.97 Å². The van der Waals surface area contributed by atoms with Crippen LogP contribution in [0.25, 0.3) is 0 Å². The predicted molar refractivity (Wildman–Crippen MR) is 70.4 cm³/mol. The molecule has 0 aromatic heterocycles. The zero-order valence-electron chi connectivity index (χ0n) is 10.2. The van der Waals surface area contributed by atoms with Crippen molar-refractivity contribution in [1.82, 2.24) is 0 Å². The average molecular weight is 232 g/mol. The first-order valence-electron chi connectivity index (χ1n) is 6.19. The number of hydrogen-bond donors (Lipinski definition) is 0. The highest BCUT2D eigenvalue weighted by atomic mass is 16.5. The van der Waals surface area contributed by atoms with Gasteiger partial charge in [0, 0.05) is 12.5 Å². The Bertz CT molecular complexity index is 335. The van der Waals surface area contributed by atoms with Gasteiger partial charge < -0.3 is 4.74 Å². The molecular formula is C15H20O2. The van der Waals surface area contributed by atoms with Crippen molar-refractivity contribution < 1.29 is 9.53 Å². The molecule has 0 heterocycles. The van der Waals surface area contributed by atoms with E-state index < -0.39 is 0 Å². The van der Waals surface area contributed by atoms with Crippen LogP contribution < -0.4 is 0 Å². The highest BCUT2D eigenvalue weighted by Gasteiger charge is 2.02. The van der Waals surface area contributed by atoms with Crippen LogP contribution >= 0.6 is 0 Å². The Labute approximate surface area is 103 Å². The summed E-state index contributed by atoms with van der Waals surface area (Å²) in [4.78, 5) is 11.1. The molecule has 0 fully saturated rings. The van der Waals surface area contributed by atoms with Gasteiger partial charge in [-0.1, -0.05) is 43.7 Å². The Balaban J connectivity index is 2.61. The summed E-state index contributed by atoms with van der Waals surface area (Å²) in [5, 5.41) is 0. The van der Waals surface area contributed by atoms with Gasteiger partial charge >= 0.3 is 5.97 Å². The fourth-order valence-corrected chi connectivity index (χ4v) is 1.66. The van der Waals surface area contributed by atoms with E-state index in [2.05, 4.69) is 12.7 Å². The molecule has 0 spiro atoms. The molecule has 0 aromatic rings. The number of carbonyl (C=O) groups excluding carboxylic acids is 1. The van der Waals surface area contributed by atoms with Crippen molar-refractivity contribution >= 4 is 5.97 Å². The fourth-order valence-electron chi connectivity index (χ4n) is 1.66. The number of rotatable bonds is 2. The molecule has 1 aliphatic carbocycles. The molecule has 0 N–H and O–H groups in total. The van der Waals surface area contributed by atoms with Gasteiger partial charge in [-0.3, -0.25) is 0 Å². The summed E-state index contributed by atoms with van der Waals surface area (Å²) in [5.74, 6) is 0.340. The number of carbonyl (C=O) groups is 1. The van der Waals surface area contributed by atoms with Crippen molar-refractivity contribution in [2.75, 3.05) is 0 Å². The maximum atomic E-state index is 11.1. The van der Waals surface area contributed by atoms with Gasteiger partial charge in [0.25, 0.3) is 0 Å². The van der Waals surface area contributed by atoms with Crippen LogP contribution in [0, 0.1) is 0 Å².